The van der Waals surface area contributed by atoms with Gasteiger partial charge in [-0.1, -0.05) is 0 Å². The number of benzene rings is 1. The van der Waals surface area contributed by atoms with E-state index >= 15 is 0 Å². The smallest absolute Gasteiger partial charge is 0.230 e. The molecule has 1 aromatic carbocycles. The summed E-state index contributed by atoms with van der Waals surface area (Å²) in [4.78, 5) is 15.4. The fraction of sp³-hybridized carbons (Fsp3) is 0.333. The minimum Gasteiger partial charge on any atom is -0.438 e. The number of anilines is 3. The molecule has 0 aliphatic carbocycles. The molecule has 0 unspecified atom stereocenters. The van der Waals surface area contributed by atoms with Crippen LogP contribution in [0.1, 0.15) is 30.5 Å². The minimum absolute atomic E-state index is 0.369. The third kappa shape index (κ3) is 6.27. The van der Waals surface area contributed by atoms with Crippen LogP contribution in [-0.2, 0) is 10.0 Å². The van der Waals surface area contributed by atoms with Crippen molar-refractivity contribution in [3.63, 3.8) is 0 Å². The molecule has 3 aromatic rings. The standard InChI is InChI=1S/C27H31N7O3S/c1-19(2)38(35,36)34-14-12-33(13-15-34)24-8-7-23(18-30-24)31-27-29-11-9-25(32-27)37-26-20(3)16-22(6-5-10-28)17-21(26)4/h5-9,11,16-19H,12-15H2,1-4H3,(H,29,31,32)/b6-5+. The summed E-state index contributed by atoms with van der Waals surface area (Å²) >= 11 is 0. The van der Waals surface area contributed by atoms with Gasteiger partial charge < -0.3 is 15.0 Å². The number of aromatic nitrogens is 3. The van der Waals surface area contributed by atoms with E-state index in [0.717, 1.165) is 22.5 Å². The zero-order valence-electron chi connectivity index (χ0n) is 21.9. The maximum atomic E-state index is 12.4. The number of sulfonamides is 1. The molecular formula is C27H31N7O3S. The van der Waals surface area contributed by atoms with Gasteiger partial charge in [-0.15, -0.1) is 0 Å². The Morgan fingerprint density at radius 3 is 2.39 bits per heavy atom. The van der Waals surface area contributed by atoms with Crippen LogP contribution in [0.3, 0.4) is 0 Å². The minimum atomic E-state index is -3.24. The number of nitrogens with zero attached hydrogens (tertiary/aromatic N) is 6. The van der Waals surface area contributed by atoms with Gasteiger partial charge in [-0.3, -0.25) is 0 Å². The lowest BCUT2D eigenvalue weighted by atomic mass is 10.1. The van der Waals surface area contributed by atoms with Gasteiger partial charge in [0.15, 0.2) is 0 Å². The molecule has 2 aromatic heterocycles. The summed E-state index contributed by atoms with van der Waals surface area (Å²) in [7, 11) is -3.24. The molecule has 0 amide bonds. The average molecular weight is 534 g/mol. The predicted molar refractivity (Wildman–Crippen MR) is 148 cm³/mol. The third-order valence-corrected chi connectivity index (χ3v) is 8.47. The van der Waals surface area contributed by atoms with Gasteiger partial charge in [0.05, 0.1) is 23.2 Å². The maximum Gasteiger partial charge on any atom is 0.230 e. The van der Waals surface area contributed by atoms with E-state index in [-0.39, 0.29) is 0 Å². The lowest BCUT2D eigenvalue weighted by molar-refractivity contribution is 0.380. The zero-order valence-corrected chi connectivity index (χ0v) is 22.7. The largest absolute Gasteiger partial charge is 0.438 e. The SMILES string of the molecule is Cc1cc(/C=C/C#N)cc(C)c1Oc1ccnc(Nc2ccc(N3CCN(S(=O)(=O)C(C)C)CC3)nc2)n1. The van der Waals surface area contributed by atoms with E-state index in [1.807, 2.05) is 44.2 Å². The molecule has 3 heterocycles. The summed E-state index contributed by atoms with van der Waals surface area (Å²) in [5.41, 5.74) is 3.50. The highest BCUT2D eigenvalue weighted by molar-refractivity contribution is 7.89. The maximum absolute atomic E-state index is 12.4. The molecule has 1 N–H and O–H groups in total. The number of pyridine rings is 1. The number of aryl methyl sites for hydroxylation is 2. The molecule has 10 nitrogen and oxygen atoms in total. The first-order valence-corrected chi connectivity index (χ1v) is 13.8. The number of ether oxygens (including phenoxy) is 1. The van der Waals surface area contributed by atoms with Crippen LogP contribution in [0.25, 0.3) is 6.08 Å². The predicted octanol–water partition coefficient (Wildman–Crippen LogP) is 4.42. The van der Waals surface area contributed by atoms with Crippen molar-refractivity contribution >= 4 is 33.6 Å². The van der Waals surface area contributed by atoms with Gasteiger partial charge in [0.25, 0.3) is 0 Å². The van der Waals surface area contributed by atoms with E-state index < -0.39 is 15.3 Å². The van der Waals surface area contributed by atoms with Crippen molar-refractivity contribution in [2.75, 3.05) is 36.4 Å². The van der Waals surface area contributed by atoms with Crippen LogP contribution in [0.4, 0.5) is 17.5 Å². The highest BCUT2D eigenvalue weighted by Crippen LogP contribution is 2.30. The monoisotopic (exact) mass is 533 g/mol. The van der Waals surface area contributed by atoms with Gasteiger partial charge in [-0.2, -0.15) is 14.6 Å². The van der Waals surface area contributed by atoms with Crippen LogP contribution >= 0.6 is 0 Å². The summed E-state index contributed by atoms with van der Waals surface area (Å²) in [5.74, 6) is 2.26. The van der Waals surface area contributed by atoms with Crippen LogP contribution in [0.5, 0.6) is 11.6 Å². The second-order valence-electron chi connectivity index (χ2n) is 9.28. The van der Waals surface area contributed by atoms with Gasteiger partial charge in [0.2, 0.25) is 21.9 Å². The molecule has 0 saturated carbocycles. The van der Waals surface area contributed by atoms with Gasteiger partial charge in [-0.05, 0) is 74.7 Å². The Morgan fingerprint density at radius 2 is 1.79 bits per heavy atom. The van der Waals surface area contributed by atoms with Crippen LogP contribution in [-0.4, -0.2) is 59.1 Å². The van der Waals surface area contributed by atoms with Crippen molar-refractivity contribution in [2.45, 2.75) is 32.9 Å². The average Bonchev–Trinajstić information content (AvgIpc) is 2.90. The van der Waals surface area contributed by atoms with Gasteiger partial charge >= 0.3 is 0 Å². The number of allylic oxidation sites excluding steroid dienone is 1. The Labute approximate surface area is 223 Å². The molecule has 4 rings (SSSR count). The fourth-order valence-corrected chi connectivity index (χ4v) is 5.45. The molecule has 0 radical (unpaired) electrons. The first-order valence-electron chi connectivity index (χ1n) is 12.3. The first kappa shape index (κ1) is 27.0. The number of hydrogen-bond donors (Lipinski definition) is 1. The molecule has 11 heteroatoms. The van der Waals surface area contributed by atoms with Gasteiger partial charge in [0.1, 0.15) is 11.6 Å². The Bertz CT molecular complexity index is 1430. The van der Waals surface area contributed by atoms with Gasteiger partial charge in [-0.25, -0.2) is 18.4 Å². The molecule has 0 spiro atoms. The van der Waals surface area contributed by atoms with Crippen LogP contribution in [0, 0.1) is 25.2 Å². The van der Waals surface area contributed by atoms with Crippen LogP contribution in [0.2, 0.25) is 0 Å². The molecule has 198 valence electrons. The zero-order chi connectivity index (χ0) is 27.3. The molecule has 1 saturated heterocycles. The summed E-state index contributed by atoms with van der Waals surface area (Å²) < 4.78 is 32.4. The van der Waals surface area contributed by atoms with Crippen LogP contribution < -0.4 is 15.0 Å². The number of nitrogens with one attached hydrogen (secondary N) is 1. The van der Waals surface area contributed by atoms with E-state index in [1.165, 1.54) is 6.08 Å². The van der Waals surface area contributed by atoms with E-state index in [2.05, 4.69) is 25.2 Å². The molecule has 1 aliphatic rings. The van der Waals surface area contributed by atoms with Crippen molar-refractivity contribution in [1.82, 2.24) is 19.3 Å². The van der Waals surface area contributed by atoms with Gasteiger partial charge in [0, 0.05) is 44.5 Å². The summed E-state index contributed by atoms with van der Waals surface area (Å²) in [6.07, 6.45) is 6.52. The number of nitriles is 1. The second kappa shape index (κ2) is 11.6. The van der Waals surface area contributed by atoms with Crippen molar-refractivity contribution in [3.05, 3.63) is 65.5 Å². The van der Waals surface area contributed by atoms with Crippen LogP contribution in [0.15, 0.2) is 48.8 Å². The third-order valence-electron chi connectivity index (χ3n) is 6.19. The summed E-state index contributed by atoms with van der Waals surface area (Å²) in [5, 5.41) is 11.5. The molecule has 0 bridgehead atoms. The lowest BCUT2D eigenvalue weighted by Gasteiger charge is -2.35. The number of hydrogen-bond acceptors (Lipinski definition) is 9. The van der Waals surface area contributed by atoms with E-state index in [9.17, 15) is 8.42 Å². The topological polar surface area (TPSA) is 124 Å². The number of piperazine rings is 1. The molecule has 1 fully saturated rings. The Morgan fingerprint density at radius 1 is 1.08 bits per heavy atom. The summed E-state index contributed by atoms with van der Waals surface area (Å²) in [6, 6.07) is 11.4. The normalized spacial score (nSPS) is 14.6. The van der Waals surface area contributed by atoms with Crippen molar-refractivity contribution in [3.8, 4) is 17.7 Å². The highest BCUT2D eigenvalue weighted by Gasteiger charge is 2.29. The Hall–Kier alpha value is -4.01. The number of rotatable bonds is 8. The van der Waals surface area contributed by atoms with Crippen molar-refractivity contribution < 1.29 is 13.2 Å². The first-order chi connectivity index (χ1) is 18.2. The lowest BCUT2D eigenvalue weighted by Crippen LogP contribution is -2.50. The second-order valence-corrected chi connectivity index (χ2v) is 11.8. The van der Waals surface area contributed by atoms with E-state index in [4.69, 9.17) is 10.00 Å². The molecule has 1 aliphatic heterocycles. The Kier molecular flexibility index (Phi) is 8.24. The van der Waals surface area contributed by atoms with Crippen molar-refractivity contribution in [2.24, 2.45) is 0 Å². The Balaban J connectivity index is 1.39. The van der Waals surface area contributed by atoms with Crippen molar-refractivity contribution in [1.29, 1.82) is 5.26 Å². The van der Waals surface area contributed by atoms with E-state index in [0.29, 0.717) is 49.4 Å². The van der Waals surface area contributed by atoms with E-state index in [1.54, 1.807) is 42.7 Å². The quantitative estimate of drug-likeness (QED) is 0.419. The molecule has 38 heavy (non-hydrogen) atoms. The molecular weight excluding hydrogens is 502 g/mol. The summed E-state index contributed by atoms with van der Waals surface area (Å²) in [6.45, 7) is 9.37. The molecule has 0 atom stereocenters. The fourth-order valence-electron chi connectivity index (χ4n) is 4.18. The highest BCUT2D eigenvalue weighted by atomic mass is 32.2.